The Hall–Kier alpha value is -3.54. The number of nitrogen functional groups attached to an aromatic ring is 1. The highest BCUT2D eigenvalue weighted by Crippen LogP contribution is 2.22. The topological polar surface area (TPSA) is 89.3 Å². The third kappa shape index (κ3) is 4.23. The largest absolute Gasteiger partial charge is 0.456 e. The molecule has 1 heterocycles. The first kappa shape index (κ1) is 15.4. The third-order valence-corrected chi connectivity index (χ3v) is 3.14. The van der Waals surface area contributed by atoms with E-state index in [1.54, 1.807) is 42.6 Å². The van der Waals surface area contributed by atoms with E-state index >= 15 is 0 Å². The molecule has 1 aromatic heterocycles. The van der Waals surface area contributed by atoms with Gasteiger partial charge in [-0.05, 0) is 48.5 Å². The van der Waals surface area contributed by atoms with Crippen LogP contribution in [0.1, 0.15) is 0 Å². The number of nitrogens with zero attached hydrogens (tertiary/aromatic N) is 1. The van der Waals surface area contributed by atoms with Gasteiger partial charge in [-0.15, -0.1) is 0 Å². The quantitative estimate of drug-likeness (QED) is 0.675. The zero-order valence-corrected chi connectivity index (χ0v) is 12.8. The average Bonchev–Trinajstić information content (AvgIpc) is 2.59. The van der Waals surface area contributed by atoms with Crippen molar-refractivity contribution in [2.75, 3.05) is 16.4 Å². The van der Waals surface area contributed by atoms with Crippen molar-refractivity contribution in [1.29, 1.82) is 0 Å². The molecule has 120 valence electrons. The second-order valence-corrected chi connectivity index (χ2v) is 4.99. The molecule has 6 nitrogen and oxygen atoms in total. The first-order valence-corrected chi connectivity index (χ1v) is 7.31. The average molecular weight is 320 g/mol. The Labute approximate surface area is 139 Å². The van der Waals surface area contributed by atoms with Crippen molar-refractivity contribution in [3.8, 4) is 11.5 Å². The van der Waals surface area contributed by atoms with Crippen molar-refractivity contribution in [3.05, 3.63) is 72.9 Å². The number of amides is 2. The SMILES string of the molecule is Nc1ccc(Oc2ccc(NC(=O)Nc3ccccc3)cc2)cn1. The van der Waals surface area contributed by atoms with Crippen LogP contribution < -0.4 is 21.1 Å². The molecule has 0 aliphatic carbocycles. The van der Waals surface area contributed by atoms with Crippen LogP contribution in [-0.2, 0) is 0 Å². The van der Waals surface area contributed by atoms with Crippen LogP contribution >= 0.6 is 0 Å². The highest BCUT2D eigenvalue weighted by Gasteiger charge is 2.03. The van der Waals surface area contributed by atoms with Gasteiger partial charge in [0.1, 0.15) is 17.3 Å². The van der Waals surface area contributed by atoms with Crippen molar-refractivity contribution >= 4 is 23.2 Å². The molecule has 4 N–H and O–H groups in total. The number of carbonyl (C=O) groups is 1. The minimum atomic E-state index is -0.308. The summed E-state index contributed by atoms with van der Waals surface area (Å²) in [6.07, 6.45) is 1.55. The Morgan fingerprint density at radius 3 is 2.08 bits per heavy atom. The Morgan fingerprint density at radius 2 is 1.46 bits per heavy atom. The van der Waals surface area contributed by atoms with E-state index in [1.807, 2.05) is 30.3 Å². The van der Waals surface area contributed by atoms with Crippen LogP contribution in [-0.4, -0.2) is 11.0 Å². The summed E-state index contributed by atoms with van der Waals surface area (Å²) >= 11 is 0. The number of ether oxygens (including phenoxy) is 1. The molecule has 0 spiro atoms. The van der Waals surface area contributed by atoms with Gasteiger partial charge in [0.2, 0.25) is 0 Å². The molecule has 0 aliphatic rings. The molecule has 0 atom stereocenters. The van der Waals surface area contributed by atoms with Gasteiger partial charge in [0, 0.05) is 11.4 Å². The number of nitrogens with two attached hydrogens (primary N) is 1. The van der Waals surface area contributed by atoms with Crippen LogP contribution in [0.15, 0.2) is 72.9 Å². The maximum Gasteiger partial charge on any atom is 0.323 e. The zero-order chi connectivity index (χ0) is 16.8. The lowest BCUT2D eigenvalue weighted by molar-refractivity contribution is 0.262. The number of nitrogens with one attached hydrogen (secondary N) is 2. The molecule has 0 aliphatic heterocycles. The number of hydrogen-bond donors (Lipinski definition) is 3. The van der Waals surface area contributed by atoms with E-state index in [4.69, 9.17) is 10.5 Å². The molecular weight excluding hydrogens is 304 g/mol. The standard InChI is InChI=1S/C18H16N4O2/c19-17-11-10-16(12-20-17)24-15-8-6-14(7-9-15)22-18(23)21-13-4-2-1-3-5-13/h1-12H,(H2,19,20)(H2,21,22,23). The second-order valence-electron chi connectivity index (χ2n) is 4.99. The van der Waals surface area contributed by atoms with E-state index < -0.39 is 0 Å². The molecule has 6 heteroatoms. The summed E-state index contributed by atoms with van der Waals surface area (Å²) in [4.78, 5) is 15.9. The minimum absolute atomic E-state index is 0.308. The van der Waals surface area contributed by atoms with Crippen LogP contribution in [0.3, 0.4) is 0 Å². The van der Waals surface area contributed by atoms with Crippen LogP contribution in [0.2, 0.25) is 0 Å². The molecule has 3 aromatic rings. The van der Waals surface area contributed by atoms with E-state index in [1.165, 1.54) is 0 Å². The fourth-order valence-electron chi connectivity index (χ4n) is 2.01. The van der Waals surface area contributed by atoms with E-state index in [2.05, 4.69) is 15.6 Å². The van der Waals surface area contributed by atoms with Crippen LogP contribution in [0.25, 0.3) is 0 Å². The van der Waals surface area contributed by atoms with E-state index in [0.29, 0.717) is 23.0 Å². The molecule has 0 unspecified atom stereocenters. The van der Waals surface area contributed by atoms with Crippen molar-refractivity contribution in [2.45, 2.75) is 0 Å². The van der Waals surface area contributed by atoms with Gasteiger partial charge in [-0.2, -0.15) is 0 Å². The number of urea groups is 1. The Balaban J connectivity index is 1.58. The Morgan fingerprint density at radius 1 is 0.833 bits per heavy atom. The summed E-state index contributed by atoms with van der Waals surface area (Å²) in [6, 6.07) is 19.4. The number of para-hydroxylation sites is 1. The molecule has 2 aromatic carbocycles. The lowest BCUT2D eigenvalue weighted by atomic mass is 10.3. The normalized spacial score (nSPS) is 10.0. The first-order chi connectivity index (χ1) is 11.7. The highest BCUT2D eigenvalue weighted by molar-refractivity contribution is 5.99. The number of hydrogen-bond acceptors (Lipinski definition) is 4. The second kappa shape index (κ2) is 7.15. The summed E-state index contributed by atoms with van der Waals surface area (Å²) in [5.41, 5.74) is 6.91. The smallest absolute Gasteiger partial charge is 0.323 e. The van der Waals surface area contributed by atoms with Gasteiger partial charge in [0.25, 0.3) is 0 Å². The van der Waals surface area contributed by atoms with Gasteiger partial charge in [0.05, 0.1) is 6.20 Å². The number of benzene rings is 2. The number of rotatable bonds is 4. The first-order valence-electron chi connectivity index (χ1n) is 7.31. The van der Waals surface area contributed by atoms with Gasteiger partial charge < -0.3 is 21.1 Å². The summed E-state index contributed by atoms with van der Waals surface area (Å²) < 4.78 is 5.64. The molecule has 24 heavy (non-hydrogen) atoms. The van der Waals surface area contributed by atoms with Gasteiger partial charge in [0.15, 0.2) is 0 Å². The lowest BCUT2D eigenvalue weighted by Crippen LogP contribution is -2.19. The van der Waals surface area contributed by atoms with Crippen LogP contribution in [0.4, 0.5) is 22.0 Å². The molecule has 0 bridgehead atoms. The minimum Gasteiger partial charge on any atom is -0.456 e. The van der Waals surface area contributed by atoms with Crippen molar-refractivity contribution in [1.82, 2.24) is 4.98 Å². The number of carbonyl (C=O) groups excluding carboxylic acids is 1. The number of pyridine rings is 1. The van der Waals surface area contributed by atoms with Crippen molar-refractivity contribution in [3.63, 3.8) is 0 Å². The third-order valence-electron chi connectivity index (χ3n) is 3.14. The summed E-state index contributed by atoms with van der Waals surface area (Å²) in [7, 11) is 0. The van der Waals surface area contributed by atoms with Crippen molar-refractivity contribution in [2.24, 2.45) is 0 Å². The Kier molecular flexibility index (Phi) is 4.57. The molecule has 0 fully saturated rings. The predicted octanol–water partition coefficient (Wildman–Crippen LogP) is 4.10. The van der Waals surface area contributed by atoms with E-state index in [0.717, 1.165) is 5.69 Å². The predicted molar refractivity (Wildman–Crippen MR) is 94.2 cm³/mol. The van der Waals surface area contributed by atoms with Gasteiger partial charge in [-0.25, -0.2) is 9.78 Å². The molecular formula is C18H16N4O2. The van der Waals surface area contributed by atoms with Gasteiger partial charge >= 0.3 is 6.03 Å². The van der Waals surface area contributed by atoms with Gasteiger partial charge in [-0.1, -0.05) is 18.2 Å². The highest BCUT2D eigenvalue weighted by atomic mass is 16.5. The van der Waals surface area contributed by atoms with Crippen molar-refractivity contribution < 1.29 is 9.53 Å². The molecule has 3 rings (SSSR count). The summed E-state index contributed by atoms with van der Waals surface area (Å²) in [5.74, 6) is 1.66. The Bertz CT molecular complexity index is 803. The monoisotopic (exact) mass is 320 g/mol. The fraction of sp³-hybridized carbons (Fsp3) is 0. The van der Waals surface area contributed by atoms with Gasteiger partial charge in [-0.3, -0.25) is 0 Å². The van der Waals surface area contributed by atoms with Crippen LogP contribution in [0.5, 0.6) is 11.5 Å². The number of aromatic nitrogens is 1. The van der Waals surface area contributed by atoms with E-state index in [9.17, 15) is 4.79 Å². The molecule has 2 amide bonds. The number of anilines is 3. The molecule has 0 saturated heterocycles. The molecule has 0 radical (unpaired) electrons. The van der Waals surface area contributed by atoms with E-state index in [-0.39, 0.29) is 6.03 Å². The summed E-state index contributed by atoms with van der Waals surface area (Å²) in [6.45, 7) is 0. The van der Waals surface area contributed by atoms with Crippen LogP contribution in [0, 0.1) is 0 Å². The zero-order valence-electron chi connectivity index (χ0n) is 12.8. The summed E-state index contributed by atoms with van der Waals surface area (Å²) in [5, 5.41) is 5.50. The molecule has 0 saturated carbocycles. The lowest BCUT2D eigenvalue weighted by Gasteiger charge is -2.09. The maximum atomic E-state index is 11.9. The fourth-order valence-corrected chi connectivity index (χ4v) is 2.01. The maximum absolute atomic E-state index is 11.9.